The lowest BCUT2D eigenvalue weighted by atomic mass is 9.66. The minimum absolute atomic E-state index is 0.212. The molecule has 0 bridgehead atoms. The number of pyridine rings is 1. The summed E-state index contributed by atoms with van der Waals surface area (Å²) in [6.45, 7) is 3.87. The zero-order valence-electron chi connectivity index (χ0n) is 14.7. The highest BCUT2D eigenvalue weighted by Crippen LogP contribution is 2.45. The molecule has 4 heterocycles. The molecule has 2 aromatic rings. The summed E-state index contributed by atoms with van der Waals surface area (Å²) in [6.07, 6.45) is 7.31. The fourth-order valence-corrected chi connectivity index (χ4v) is 4.00. The van der Waals surface area contributed by atoms with E-state index in [1.807, 2.05) is 18.2 Å². The van der Waals surface area contributed by atoms with Crippen molar-refractivity contribution in [2.75, 3.05) is 37.8 Å². The van der Waals surface area contributed by atoms with Gasteiger partial charge in [0, 0.05) is 37.9 Å². The van der Waals surface area contributed by atoms with E-state index in [4.69, 9.17) is 9.47 Å². The molecule has 0 radical (unpaired) electrons. The van der Waals surface area contributed by atoms with Crippen molar-refractivity contribution >= 4 is 5.95 Å². The van der Waals surface area contributed by atoms with Gasteiger partial charge in [-0.15, -0.1) is 0 Å². The maximum Gasteiger partial charge on any atom is 0.225 e. The quantitative estimate of drug-likeness (QED) is 0.838. The number of halogens is 1. The molecule has 2 aromatic heterocycles. The summed E-state index contributed by atoms with van der Waals surface area (Å²) in [5.74, 6) is 1.20. The maximum absolute atomic E-state index is 13.0. The zero-order chi connectivity index (χ0) is 17.8. The fraction of sp³-hybridized carbons (Fsp3) is 0.526. The highest BCUT2D eigenvalue weighted by Gasteiger charge is 2.44. The highest BCUT2D eigenvalue weighted by molar-refractivity contribution is 5.29. The van der Waals surface area contributed by atoms with Crippen LogP contribution in [0.25, 0.3) is 0 Å². The normalized spacial score (nSPS) is 22.3. The van der Waals surface area contributed by atoms with Crippen LogP contribution >= 0.6 is 0 Å². The molecule has 1 unspecified atom stereocenters. The molecule has 26 heavy (non-hydrogen) atoms. The molecule has 0 aromatic carbocycles. The van der Waals surface area contributed by atoms with Crippen LogP contribution in [0.4, 0.5) is 10.3 Å². The summed E-state index contributed by atoms with van der Waals surface area (Å²) in [5, 5.41) is 0. The van der Waals surface area contributed by atoms with E-state index < -0.39 is 5.82 Å². The molecule has 7 heteroatoms. The Kier molecular flexibility index (Phi) is 4.97. The monoisotopic (exact) mass is 358 g/mol. The van der Waals surface area contributed by atoms with Crippen molar-refractivity contribution < 1.29 is 13.9 Å². The molecule has 0 saturated carbocycles. The van der Waals surface area contributed by atoms with Gasteiger partial charge < -0.3 is 14.4 Å². The van der Waals surface area contributed by atoms with Crippen molar-refractivity contribution in [2.24, 2.45) is 11.3 Å². The Hall–Kier alpha value is -2.28. The van der Waals surface area contributed by atoms with E-state index >= 15 is 0 Å². The molecule has 2 aliphatic heterocycles. The number of anilines is 1. The van der Waals surface area contributed by atoms with Crippen LogP contribution in [0.15, 0.2) is 36.8 Å². The van der Waals surface area contributed by atoms with Crippen LogP contribution in [0.2, 0.25) is 0 Å². The van der Waals surface area contributed by atoms with Crippen LogP contribution in [-0.2, 0) is 4.74 Å². The van der Waals surface area contributed by atoms with Gasteiger partial charge in [0.05, 0.1) is 25.6 Å². The summed E-state index contributed by atoms with van der Waals surface area (Å²) in [4.78, 5) is 14.6. The Labute approximate surface area is 152 Å². The molecular weight excluding hydrogens is 335 g/mol. The average molecular weight is 358 g/mol. The lowest BCUT2D eigenvalue weighted by Crippen LogP contribution is -2.50. The topological polar surface area (TPSA) is 60.4 Å². The second kappa shape index (κ2) is 7.53. The predicted octanol–water partition coefficient (Wildman–Crippen LogP) is 2.71. The second-order valence-corrected chi connectivity index (χ2v) is 7.05. The minimum Gasteiger partial charge on any atom is -0.477 e. The summed E-state index contributed by atoms with van der Waals surface area (Å²) < 4.78 is 24.7. The molecule has 0 aliphatic carbocycles. The van der Waals surface area contributed by atoms with Crippen molar-refractivity contribution in [1.29, 1.82) is 0 Å². The first-order valence-corrected chi connectivity index (χ1v) is 9.09. The van der Waals surface area contributed by atoms with Crippen molar-refractivity contribution in [3.63, 3.8) is 0 Å². The maximum atomic E-state index is 13.0. The van der Waals surface area contributed by atoms with Crippen molar-refractivity contribution in [1.82, 2.24) is 15.0 Å². The van der Waals surface area contributed by atoms with Crippen LogP contribution in [-0.4, -0.2) is 47.9 Å². The van der Waals surface area contributed by atoms with Gasteiger partial charge in [-0.25, -0.2) is 19.3 Å². The van der Waals surface area contributed by atoms with Crippen LogP contribution < -0.4 is 9.64 Å². The minimum atomic E-state index is -0.404. The average Bonchev–Trinajstić information content (AvgIpc) is 2.70. The molecule has 2 fully saturated rings. The number of rotatable bonds is 4. The molecule has 6 nitrogen and oxygen atoms in total. The van der Waals surface area contributed by atoms with E-state index in [0.29, 0.717) is 24.4 Å². The number of piperidine rings is 1. The third-order valence-corrected chi connectivity index (χ3v) is 5.65. The first-order valence-electron chi connectivity index (χ1n) is 9.09. The molecule has 2 aliphatic rings. The van der Waals surface area contributed by atoms with Crippen LogP contribution in [0.1, 0.15) is 19.3 Å². The number of nitrogens with zero attached hydrogens (tertiary/aromatic N) is 4. The van der Waals surface area contributed by atoms with Gasteiger partial charge >= 0.3 is 0 Å². The van der Waals surface area contributed by atoms with Crippen LogP contribution in [0.3, 0.4) is 0 Å². The molecule has 0 amide bonds. The number of hydrogen-bond donors (Lipinski definition) is 0. The van der Waals surface area contributed by atoms with Gasteiger partial charge in [0.15, 0.2) is 5.82 Å². The Morgan fingerprint density at radius 2 is 1.96 bits per heavy atom. The zero-order valence-corrected chi connectivity index (χ0v) is 14.7. The van der Waals surface area contributed by atoms with Gasteiger partial charge in [0.25, 0.3) is 0 Å². The Bertz CT molecular complexity index is 705. The third kappa shape index (κ3) is 3.62. The van der Waals surface area contributed by atoms with Crippen molar-refractivity contribution in [2.45, 2.75) is 19.3 Å². The molecule has 0 N–H and O–H groups in total. The summed E-state index contributed by atoms with van der Waals surface area (Å²) in [7, 11) is 0. The van der Waals surface area contributed by atoms with E-state index in [9.17, 15) is 4.39 Å². The van der Waals surface area contributed by atoms with Gasteiger partial charge in [-0.1, -0.05) is 6.07 Å². The standard InChI is InChI=1S/C19H23FN4O2/c20-16-11-22-18(23-12-16)24-8-4-19(5-9-24)6-10-25-13-15(19)14-26-17-3-1-2-7-21-17/h1-3,7,11-12,15H,4-6,8-10,13-14H2. The van der Waals surface area contributed by atoms with Crippen LogP contribution in [0.5, 0.6) is 5.88 Å². The number of hydrogen-bond acceptors (Lipinski definition) is 6. The fourth-order valence-electron chi connectivity index (χ4n) is 4.00. The van der Waals surface area contributed by atoms with E-state index in [-0.39, 0.29) is 5.41 Å². The largest absolute Gasteiger partial charge is 0.477 e. The SMILES string of the molecule is Fc1cnc(N2CCC3(CCOCC3COc3ccccn3)CC2)nc1. The Balaban J connectivity index is 1.40. The summed E-state index contributed by atoms with van der Waals surface area (Å²) >= 11 is 0. The van der Waals surface area contributed by atoms with Gasteiger partial charge in [-0.05, 0) is 30.7 Å². The molecule has 1 spiro atoms. The smallest absolute Gasteiger partial charge is 0.225 e. The predicted molar refractivity (Wildman–Crippen MR) is 94.5 cm³/mol. The summed E-state index contributed by atoms with van der Waals surface area (Å²) in [6, 6.07) is 5.69. The summed E-state index contributed by atoms with van der Waals surface area (Å²) in [5.41, 5.74) is 0.212. The molecular formula is C19H23FN4O2. The third-order valence-electron chi connectivity index (χ3n) is 5.65. The Morgan fingerprint density at radius 1 is 1.15 bits per heavy atom. The lowest BCUT2D eigenvalue weighted by Gasteiger charge is -2.48. The number of aromatic nitrogens is 3. The van der Waals surface area contributed by atoms with Gasteiger partial charge in [0.2, 0.25) is 11.8 Å². The van der Waals surface area contributed by atoms with E-state index in [1.165, 1.54) is 12.4 Å². The molecule has 1 atom stereocenters. The number of ether oxygens (including phenoxy) is 2. The van der Waals surface area contributed by atoms with E-state index in [2.05, 4.69) is 19.9 Å². The lowest BCUT2D eigenvalue weighted by molar-refractivity contribution is -0.0701. The van der Waals surface area contributed by atoms with Gasteiger partial charge in [0.1, 0.15) is 0 Å². The molecule has 4 rings (SSSR count). The van der Waals surface area contributed by atoms with E-state index in [1.54, 1.807) is 6.20 Å². The van der Waals surface area contributed by atoms with Crippen molar-refractivity contribution in [3.8, 4) is 5.88 Å². The van der Waals surface area contributed by atoms with Crippen LogP contribution in [0, 0.1) is 17.2 Å². The molecule has 138 valence electrons. The second-order valence-electron chi connectivity index (χ2n) is 7.05. The van der Waals surface area contributed by atoms with Gasteiger partial charge in [-0.2, -0.15) is 0 Å². The van der Waals surface area contributed by atoms with E-state index in [0.717, 1.165) is 45.6 Å². The molecule has 2 saturated heterocycles. The van der Waals surface area contributed by atoms with Gasteiger partial charge in [-0.3, -0.25) is 0 Å². The Morgan fingerprint density at radius 3 is 2.69 bits per heavy atom. The first kappa shape index (κ1) is 17.1. The van der Waals surface area contributed by atoms with Crippen molar-refractivity contribution in [3.05, 3.63) is 42.6 Å². The first-order chi connectivity index (χ1) is 12.8. The highest BCUT2D eigenvalue weighted by atomic mass is 19.1.